The normalized spacial score (nSPS) is 19.7. The molecule has 3 nitrogen and oxygen atoms in total. The van der Waals surface area contributed by atoms with E-state index in [0.29, 0.717) is 6.61 Å². The molecule has 1 aliphatic heterocycles. The van der Waals surface area contributed by atoms with Crippen molar-refractivity contribution in [2.45, 2.75) is 98.2 Å². The van der Waals surface area contributed by atoms with E-state index >= 15 is 0 Å². The molecule has 2 atom stereocenters. The third-order valence-corrected chi connectivity index (χ3v) is 21.9. The van der Waals surface area contributed by atoms with Gasteiger partial charge in [-0.3, -0.25) is 0 Å². The molecule has 0 aromatic heterocycles. The van der Waals surface area contributed by atoms with Crippen molar-refractivity contribution in [1.29, 1.82) is 0 Å². The average molecular weight is 495 g/mol. The summed E-state index contributed by atoms with van der Waals surface area (Å²) in [5, 5.41) is 0. The second kappa shape index (κ2) is 12.2. The van der Waals surface area contributed by atoms with Crippen molar-refractivity contribution in [2.75, 3.05) is 6.61 Å². The number of ether oxygens (including phenoxy) is 2. The Morgan fingerprint density at radius 1 is 1.00 bits per heavy atom. The summed E-state index contributed by atoms with van der Waals surface area (Å²) in [6, 6.07) is 9.47. The average Bonchev–Trinajstić information content (AvgIpc) is 3.15. The number of carbonyl (C=O) groups excluding carboxylic acids is 1. The van der Waals surface area contributed by atoms with E-state index in [9.17, 15) is 4.79 Å². The van der Waals surface area contributed by atoms with Crippen molar-refractivity contribution in [3.05, 3.63) is 29.8 Å². The van der Waals surface area contributed by atoms with Crippen LogP contribution in [-0.4, -0.2) is 37.1 Å². The molecule has 158 valence electrons. The van der Waals surface area contributed by atoms with Crippen LogP contribution in [0.5, 0.6) is 0 Å². The molecule has 1 aromatic carbocycles. The molecule has 0 aliphatic carbocycles. The number of unbranched alkanes of at least 4 members (excludes halogenated alkanes) is 3. The van der Waals surface area contributed by atoms with Gasteiger partial charge in [0.2, 0.25) is 0 Å². The van der Waals surface area contributed by atoms with E-state index in [4.69, 9.17) is 9.47 Å². The summed E-state index contributed by atoms with van der Waals surface area (Å²) in [6.45, 7) is 8.97. The van der Waals surface area contributed by atoms with Crippen LogP contribution in [0, 0.1) is 0 Å². The van der Waals surface area contributed by atoms with Gasteiger partial charge < -0.3 is 0 Å². The van der Waals surface area contributed by atoms with Crippen molar-refractivity contribution in [3.63, 3.8) is 0 Å². The SMILES string of the molecule is CCC[CH2][Sn]([CH2]CCC)([CH2]CCC)[c]1ccc(C2CC(OC(C)=O)CO2)cc1. The van der Waals surface area contributed by atoms with Crippen molar-refractivity contribution in [1.82, 2.24) is 0 Å². The summed E-state index contributed by atoms with van der Waals surface area (Å²) < 4.78 is 17.4. The Kier molecular flexibility index (Phi) is 10.3. The molecular formula is C24H40O3Sn. The fraction of sp³-hybridized carbons (Fsp3) is 0.708. The van der Waals surface area contributed by atoms with Gasteiger partial charge in [-0.2, -0.15) is 0 Å². The fourth-order valence-electron chi connectivity index (χ4n) is 4.55. The van der Waals surface area contributed by atoms with Crippen LogP contribution in [0.15, 0.2) is 24.3 Å². The van der Waals surface area contributed by atoms with E-state index in [1.54, 1.807) is 3.58 Å². The molecule has 0 spiro atoms. The first-order chi connectivity index (χ1) is 13.5. The second-order valence-electron chi connectivity index (χ2n) is 8.50. The predicted octanol–water partition coefficient (Wildman–Crippen LogP) is 6.14. The third kappa shape index (κ3) is 6.76. The van der Waals surface area contributed by atoms with E-state index in [2.05, 4.69) is 45.0 Å². The molecule has 0 amide bonds. The summed E-state index contributed by atoms with van der Waals surface area (Å²) in [5.41, 5.74) is 1.24. The van der Waals surface area contributed by atoms with Gasteiger partial charge in [-0.15, -0.1) is 0 Å². The fourth-order valence-corrected chi connectivity index (χ4v) is 20.5. The first-order valence-electron chi connectivity index (χ1n) is 11.4. The number of esters is 1. The number of hydrogen-bond acceptors (Lipinski definition) is 3. The Bertz CT molecular complexity index is 562. The van der Waals surface area contributed by atoms with E-state index in [1.165, 1.54) is 64.3 Å². The van der Waals surface area contributed by atoms with E-state index in [0.717, 1.165) is 6.42 Å². The maximum atomic E-state index is 11.2. The van der Waals surface area contributed by atoms with Gasteiger partial charge in [-0.25, -0.2) is 0 Å². The van der Waals surface area contributed by atoms with Crippen molar-refractivity contribution in [3.8, 4) is 0 Å². The Morgan fingerprint density at radius 2 is 1.54 bits per heavy atom. The zero-order chi connectivity index (χ0) is 20.4. The number of benzene rings is 1. The molecule has 0 saturated carbocycles. The quantitative estimate of drug-likeness (QED) is 0.258. The van der Waals surface area contributed by atoms with Crippen LogP contribution in [0.25, 0.3) is 0 Å². The molecule has 1 heterocycles. The van der Waals surface area contributed by atoms with Gasteiger partial charge in [-0.1, -0.05) is 0 Å². The molecule has 4 heteroatoms. The van der Waals surface area contributed by atoms with Gasteiger partial charge in [0.15, 0.2) is 0 Å². The summed E-state index contributed by atoms with van der Waals surface area (Å²) in [5.74, 6) is -0.216. The topological polar surface area (TPSA) is 35.5 Å². The Balaban J connectivity index is 2.16. The minimum atomic E-state index is -2.34. The molecule has 1 saturated heterocycles. The van der Waals surface area contributed by atoms with Gasteiger partial charge >= 0.3 is 177 Å². The molecular weight excluding hydrogens is 455 g/mol. The number of hydrogen-bond donors (Lipinski definition) is 0. The first-order valence-corrected chi connectivity index (χ1v) is 18.9. The van der Waals surface area contributed by atoms with Crippen molar-refractivity contribution < 1.29 is 14.3 Å². The third-order valence-electron chi connectivity index (χ3n) is 6.21. The van der Waals surface area contributed by atoms with Gasteiger partial charge in [-0.05, 0) is 0 Å². The van der Waals surface area contributed by atoms with Gasteiger partial charge in [0.1, 0.15) is 0 Å². The number of carbonyl (C=O) groups is 1. The molecule has 1 aromatic rings. The summed E-state index contributed by atoms with van der Waals surface area (Å²) in [7, 11) is 0. The maximum absolute atomic E-state index is 11.2. The Labute approximate surface area is 176 Å². The zero-order valence-electron chi connectivity index (χ0n) is 18.5. The molecule has 28 heavy (non-hydrogen) atoms. The monoisotopic (exact) mass is 496 g/mol. The van der Waals surface area contributed by atoms with Crippen molar-refractivity contribution >= 4 is 27.9 Å². The number of rotatable bonds is 12. The van der Waals surface area contributed by atoms with Crippen molar-refractivity contribution in [2.24, 2.45) is 0 Å². The van der Waals surface area contributed by atoms with Crippen LogP contribution in [-0.2, 0) is 14.3 Å². The van der Waals surface area contributed by atoms with Gasteiger partial charge in [0.05, 0.1) is 0 Å². The van der Waals surface area contributed by atoms with Crippen LogP contribution in [0.4, 0.5) is 0 Å². The molecule has 1 aliphatic rings. The molecule has 2 rings (SSSR count). The summed E-state index contributed by atoms with van der Waals surface area (Å²) >= 11 is -2.34. The molecule has 2 unspecified atom stereocenters. The van der Waals surface area contributed by atoms with Crippen LogP contribution in [0.2, 0.25) is 13.3 Å². The summed E-state index contributed by atoms with van der Waals surface area (Å²) in [6.07, 6.45) is 8.83. The van der Waals surface area contributed by atoms with E-state index in [-0.39, 0.29) is 18.2 Å². The standard InChI is InChI=1S/C12H13O3.3C4H9.Sn/c1-9(13)15-11-7-12(14-8-11)10-5-3-2-4-6-10;3*1-3-4-2;/h3-6,11-12H,7-8H2,1H3;3*1,3-4H2,2H3;. The van der Waals surface area contributed by atoms with Crippen LogP contribution in [0.3, 0.4) is 0 Å². The Morgan fingerprint density at radius 3 is 2.00 bits per heavy atom. The van der Waals surface area contributed by atoms with Gasteiger partial charge in [0, 0.05) is 0 Å². The molecule has 0 radical (unpaired) electrons. The first kappa shape index (κ1) is 23.7. The predicted molar refractivity (Wildman–Crippen MR) is 120 cm³/mol. The van der Waals surface area contributed by atoms with E-state index in [1.807, 2.05) is 0 Å². The van der Waals surface area contributed by atoms with Gasteiger partial charge in [0.25, 0.3) is 0 Å². The Hall–Kier alpha value is -0.551. The minimum absolute atomic E-state index is 0.0601. The summed E-state index contributed by atoms with van der Waals surface area (Å²) in [4.78, 5) is 11.2. The molecule has 1 fully saturated rings. The molecule has 0 bridgehead atoms. The second-order valence-corrected chi connectivity index (χ2v) is 21.7. The molecule has 0 N–H and O–H groups in total. The zero-order valence-corrected chi connectivity index (χ0v) is 21.3. The van der Waals surface area contributed by atoms with Crippen LogP contribution < -0.4 is 3.58 Å². The van der Waals surface area contributed by atoms with E-state index < -0.39 is 18.4 Å². The van der Waals surface area contributed by atoms with Crippen LogP contribution >= 0.6 is 0 Å². The van der Waals surface area contributed by atoms with Crippen LogP contribution in [0.1, 0.15) is 84.3 Å².